The van der Waals surface area contributed by atoms with Crippen molar-refractivity contribution in [3.63, 3.8) is 0 Å². The first-order valence-electron chi connectivity index (χ1n) is 6.75. The molecule has 0 aromatic carbocycles. The summed E-state index contributed by atoms with van der Waals surface area (Å²) in [4.78, 5) is 12.4. The molecular weight excluding hydrogens is 218 g/mol. The van der Waals surface area contributed by atoms with E-state index in [4.69, 9.17) is 9.47 Å². The van der Waals surface area contributed by atoms with Gasteiger partial charge in [-0.15, -0.1) is 0 Å². The van der Waals surface area contributed by atoms with Crippen molar-refractivity contribution in [3.8, 4) is 0 Å². The van der Waals surface area contributed by atoms with Crippen LogP contribution in [0.5, 0.6) is 0 Å². The van der Waals surface area contributed by atoms with Gasteiger partial charge in [0.15, 0.2) is 0 Å². The number of ketones is 1. The minimum Gasteiger partial charge on any atom is -0.378 e. The highest BCUT2D eigenvalue weighted by Crippen LogP contribution is 2.37. The maximum absolute atomic E-state index is 12.4. The van der Waals surface area contributed by atoms with Crippen LogP contribution in [-0.2, 0) is 14.3 Å². The maximum atomic E-state index is 12.4. The number of nitrogens with one attached hydrogen (secondary N) is 1. The maximum Gasteiger partial charge on any atom is 0.140 e. The number of ether oxygens (including phenoxy) is 2. The van der Waals surface area contributed by atoms with E-state index >= 15 is 0 Å². The monoisotopic (exact) mass is 239 g/mol. The first kappa shape index (κ1) is 11.6. The van der Waals surface area contributed by atoms with E-state index in [1.807, 2.05) is 0 Å². The van der Waals surface area contributed by atoms with Gasteiger partial charge in [0.05, 0.1) is 12.2 Å². The Morgan fingerprint density at radius 1 is 1.24 bits per heavy atom. The van der Waals surface area contributed by atoms with Gasteiger partial charge in [0.2, 0.25) is 0 Å². The summed E-state index contributed by atoms with van der Waals surface area (Å²) in [6, 6.07) is 0. The van der Waals surface area contributed by atoms with Gasteiger partial charge < -0.3 is 14.8 Å². The second kappa shape index (κ2) is 4.67. The average molecular weight is 239 g/mol. The Morgan fingerprint density at radius 3 is 2.88 bits per heavy atom. The molecule has 1 spiro atoms. The highest BCUT2D eigenvalue weighted by molar-refractivity contribution is 5.84. The fourth-order valence-electron chi connectivity index (χ4n) is 3.36. The van der Waals surface area contributed by atoms with Gasteiger partial charge in [0.1, 0.15) is 5.78 Å². The van der Waals surface area contributed by atoms with E-state index in [1.54, 1.807) is 0 Å². The van der Waals surface area contributed by atoms with Crippen LogP contribution in [0.25, 0.3) is 0 Å². The Kier molecular flexibility index (Phi) is 3.19. The van der Waals surface area contributed by atoms with Gasteiger partial charge >= 0.3 is 0 Å². The van der Waals surface area contributed by atoms with E-state index < -0.39 is 0 Å². The Morgan fingerprint density at radius 2 is 2.18 bits per heavy atom. The van der Waals surface area contributed by atoms with E-state index in [1.165, 1.54) is 0 Å². The van der Waals surface area contributed by atoms with Crippen LogP contribution in [0, 0.1) is 11.8 Å². The van der Waals surface area contributed by atoms with E-state index in [0.717, 1.165) is 52.0 Å². The Balaban J connectivity index is 1.64. The van der Waals surface area contributed by atoms with Crippen LogP contribution in [0.4, 0.5) is 0 Å². The molecule has 0 aromatic heterocycles. The molecule has 3 aliphatic rings. The van der Waals surface area contributed by atoms with E-state index in [9.17, 15) is 4.79 Å². The molecule has 3 heterocycles. The minimum atomic E-state index is -0.134. The van der Waals surface area contributed by atoms with Crippen LogP contribution in [0.15, 0.2) is 0 Å². The number of rotatable bonds is 2. The normalized spacial score (nSPS) is 42.1. The van der Waals surface area contributed by atoms with Crippen molar-refractivity contribution >= 4 is 5.78 Å². The summed E-state index contributed by atoms with van der Waals surface area (Å²) in [6.45, 7) is 4.05. The quantitative estimate of drug-likeness (QED) is 0.772. The first-order chi connectivity index (χ1) is 8.29. The van der Waals surface area contributed by atoms with Gasteiger partial charge in [0, 0.05) is 38.0 Å². The molecule has 0 radical (unpaired) electrons. The molecule has 0 aromatic rings. The third kappa shape index (κ3) is 2.26. The van der Waals surface area contributed by atoms with Crippen molar-refractivity contribution < 1.29 is 14.3 Å². The highest BCUT2D eigenvalue weighted by atomic mass is 16.6. The summed E-state index contributed by atoms with van der Waals surface area (Å²) in [5.41, 5.74) is -0.134. The van der Waals surface area contributed by atoms with E-state index in [2.05, 4.69) is 5.32 Å². The molecule has 4 heteroatoms. The SMILES string of the molecule is O=C(C1CCNC1)C1CCOC2(CCOC2)C1. The summed E-state index contributed by atoms with van der Waals surface area (Å²) in [7, 11) is 0. The topological polar surface area (TPSA) is 47.6 Å². The molecule has 96 valence electrons. The van der Waals surface area contributed by atoms with Crippen molar-refractivity contribution in [2.75, 3.05) is 32.9 Å². The number of Topliss-reactive ketones (excluding diaryl/α,β-unsaturated/α-hetero) is 1. The van der Waals surface area contributed by atoms with Gasteiger partial charge in [-0.25, -0.2) is 0 Å². The molecule has 3 saturated heterocycles. The molecule has 3 aliphatic heterocycles. The zero-order chi connectivity index (χ0) is 11.7. The summed E-state index contributed by atoms with van der Waals surface area (Å²) in [5, 5.41) is 3.28. The first-order valence-corrected chi connectivity index (χ1v) is 6.75. The molecule has 4 nitrogen and oxygen atoms in total. The predicted molar refractivity (Wildman–Crippen MR) is 62.8 cm³/mol. The van der Waals surface area contributed by atoms with Gasteiger partial charge in [-0.1, -0.05) is 0 Å². The molecule has 3 fully saturated rings. The minimum absolute atomic E-state index is 0.134. The second-order valence-corrected chi connectivity index (χ2v) is 5.62. The van der Waals surface area contributed by atoms with Crippen molar-refractivity contribution in [3.05, 3.63) is 0 Å². The standard InChI is InChI=1S/C13H21NO3/c15-12(11-1-4-14-8-11)10-2-5-17-13(7-10)3-6-16-9-13/h10-11,14H,1-9H2. The summed E-state index contributed by atoms with van der Waals surface area (Å²) >= 11 is 0. The van der Waals surface area contributed by atoms with Crippen molar-refractivity contribution in [1.29, 1.82) is 0 Å². The van der Waals surface area contributed by atoms with Crippen molar-refractivity contribution in [2.45, 2.75) is 31.3 Å². The fourth-order valence-corrected chi connectivity index (χ4v) is 3.36. The molecular formula is C13H21NO3. The molecule has 3 atom stereocenters. The molecule has 0 amide bonds. The summed E-state index contributed by atoms with van der Waals surface area (Å²) < 4.78 is 11.3. The van der Waals surface area contributed by atoms with Gasteiger partial charge in [-0.3, -0.25) is 4.79 Å². The van der Waals surface area contributed by atoms with E-state index in [0.29, 0.717) is 12.4 Å². The zero-order valence-electron chi connectivity index (χ0n) is 10.2. The number of hydrogen-bond donors (Lipinski definition) is 1. The highest BCUT2D eigenvalue weighted by Gasteiger charge is 2.44. The summed E-state index contributed by atoms with van der Waals surface area (Å²) in [5.74, 6) is 0.914. The molecule has 0 saturated carbocycles. The van der Waals surface area contributed by atoms with Gasteiger partial charge in [0.25, 0.3) is 0 Å². The molecule has 3 unspecified atom stereocenters. The zero-order valence-corrected chi connectivity index (χ0v) is 10.2. The van der Waals surface area contributed by atoms with E-state index in [-0.39, 0.29) is 17.4 Å². The van der Waals surface area contributed by atoms with Crippen molar-refractivity contribution in [1.82, 2.24) is 5.32 Å². The Bertz CT molecular complexity index is 293. The lowest BCUT2D eigenvalue weighted by Crippen LogP contribution is -2.43. The number of carbonyl (C=O) groups is 1. The van der Waals surface area contributed by atoms with Crippen LogP contribution < -0.4 is 5.32 Å². The second-order valence-electron chi connectivity index (χ2n) is 5.62. The lowest BCUT2D eigenvalue weighted by Gasteiger charge is -2.37. The van der Waals surface area contributed by atoms with Crippen LogP contribution in [0.1, 0.15) is 25.7 Å². The smallest absolute Gasteiger partial charge is 0.140 e. The fraction of sp³-hybridized carbons (Fsp3) is 0.923. The average Bonchev–Trinajstić information content (AvgIpc) is 3.00. The Hall–Kier alpha value is -0.450. The molecule has 17 heavy (non-hydrogen) atoms. The lowest BCUT2D eigenvalue weighted by molar-refractivity contribution is -0.140. The van der Waals surface area contributed by atoms with Crippen LogP contribution in [0.3, 0.4) is 0 Å². The third-order valence-corrected chi connectivity index (χ3v) is 4.43. The Labute approximate surface area is 102 Å². The molecule has 0 bridgehead atoms. The number of carbonyl (C=O) groups excluding carboxylic acids is 1. The largest absolute Gasteiger partial charge is 0.378 e. The van der Waals surface area contributed by atoms with Crippen LogP contribution >= 0.6 is 0 Å². The van der Waals surface area contributed by atoms with Crippen LogP contribution in [-0.4, -0.2) is 44.3 Å². The molecule has 3 rings (SSSR count). The third-order valence-electron chi connectivity index (χ3n) is 4.43. The van der Waals surface area contributed by atoms with Gasteiger partial charge in [-0.2, -0.15) is 0 Å². The van der Waals surface area contributed by atoms with Gasteiger partial charge in [-0.05, 0) is 25.8 Å². The summed E-state index contributed by atoms with van der Waals surface area (Å²) in [6.07, 6.45) is 3.75. The lowest BCUT2D eigenvalue weighted by atomic mass is 9.79. The van der Waals surface area contributed by atoms with Crippen molar-refractivity contribution in [2.24, 2.45) is 11.8 Å². The number of hydrogen-bond acceptors (Lipinski definition) is 4. The molecule has 1 N–H and O–H groups in total. The predicted octanol–water partition coefficient (Wildman–Crippen LogP) is 0.751. The van der Waals surface area contributed by atoms with Crippen LogP contribution in [0.2, 0.25) is 0 Å². The molecule has 0 aliphatic carbocycles.